The number of carbonyl (C=O) groups is 1. The van der Waals surface area contributed by atoms with Crippen LogP contribution >= 0.6 is 0 Å². The minimum absolute atomic E-state index is 0.186. The maximum absolute atomic E-state index is 11.8. The molecule has 3 aromatic rings. The summed E-state index contributed by atoms with van der Waals surface area (Å²) < 4.78 is 6.56. The minimum atomic E-state index is -0.307. The topological polar surface area (TPSA) is 85.8 Å². The summed E-state index contributed by atoms with van der Waals surface area (Å²) in [6.07, 6.45) is 6.63. The zero-order chi connectivity index (χ0) is 14.7. The quantitative estimate of drug-likeness (QED) is 0.782. The van der Waals surface area contributed by atoms with Gasteiger partial charge >= 0.3 is 0 Å². The second-order valence-corrected chi connectivity index (χ2v) is 4.48. The first kappa shape index (κ1) is 13.0. The van der Waals surface area contributed by atoms with Crippen molar-refractivity contribution in [2.45, 2.75) is 6.54 Å². The predicted octanol–water partition coefficient (Wildman–Crippen LogP) is 1.40. The monoisotopic (exact) mass is 283 g/mol. The van der Waals surface area contributed by atoms with Crippen molar-refractivity contribution in [1.82, 2.24) is 25.2 Å². The third kappa shape index (κ3) is 2.81. The maximum atomic E-state index is 11.8. The van der Waals surface area contributed by atoms with Crippen molar-refractivity contribution >= 4 is 5.91 Å². The number of hydrogen-bond acceptors (Lipinski definition) is 5. The highest BCUT2D eigenvalue weighted by Gasteiger charge is 2.10. The van der Waals surface area contributed by atoms with E-state index in [4.69, 9.17) is 4.52 Å². The van der Waals surface area contributed by atoms with Gasteiger partial charge in [0.25, 0.3) is 5.91 Å². The fraction of sp³-hybridized carbons (Fsp3) is 0.143. The number of pyridine rings is 1. The number of aromatic nitrogens is 4. The molecule has 0 unspecified atom stereocenters. The zero-order valence-electron chi connectivity index (χ0n) is 11.4. The van der Waals surface area contributed by atoms with Crippen LogP contribution in [0.5, 0.6) is 0 Å². The van der Waals surface area contributed by atoms with Gasteiger partial charge in [-0.15, -0.1) is 0 Å². The summed E-state index contributed by atoms with van der Waals surface area (Å²) in [5, 5.41) is 10.4. The van der Waals surface area contributed by atoms with Gasteiger partial charge in [-0.25, -0.2) is 0 Å². The van der Waals surface area contributed by atoms with Crippen molar-refractivity contribution in [3.63, 3.8) is 0 Å². The van der Waals surface area contributed by atoms with Crippen molar-refractivity contribution in [1.29, 1.82) is 0 Å². The largest absolute Gasteiger partial charge is 0.351 e. The molecule has 21 heavy (non-hydrogen) atoms. The predicted molar refractivity (Wildman–Crippen MR) is 74.1 cm³/mol. The van der Waals surface area contributed by atoms with Crippen LogP contribution in [-0.4, -0.2) is 25.8 Å². The number of rotatable bonds is 4. The molecule has 0 aliphatic rings. The van der Waals surface area contributed by atoms with Crippen molar-refractivity contribution < 1.29 is 9.32 Å². The van der Waals surface area contributed by atoms with E-state index in [1.54, 1.807) is 23.3 Å². The average Bonchev–Trinajstić information content (AvgIpc) is 3.16. The fourth-order valence-corrected chi connectivity index (χ4v) is 1.98. The fourth-order valence-electron chi connectivity index (χ4n) is 1.98. The van der Waals surface area contributed by atoms with Crippen LogP contribution in [0.25, 0.3) is 11.3 Å². The van der Waals surface area contributed by atoms with Crippen molar-refractivity contribution in [2.24, 2.45) is 7.05 Å². The van der Waals surface area contributed by atoms with Gasteiger partial charge in [-0.3, -0.25) is 14.5 Å². The first-order valence-corrected chi connectivity index (χ1v) is 6.35. The minimum Gasteiger partial charge on any atom is -0.351 e. The summed E-state index contributed by atoms with van der Waals surface area (Å²) in [5.74, 6) is -0.121. The van der Waals surface area contributed by atoms with Crippen molar-refractivity contribution in [3.05, 3.63) is 54.3 Å². The molecule has 1 N–H and O–H groups in total. The second kappa shape index (κ2) is 5.58. The Morgan fingerprint density at radius 1 is 1.33 bits per heavy atom. The molecular formula is C14H13N5O2. The van der Waals surface area contributed by atoms with Gasteiger partial charge in [0.05, 0.1) is 11.9 Å². The molecule has 0 aliphatic carbocycles. The molecule has 7 nitrogen and oxygen atoms in total. The molecule has 1 amide bonds. The Balaban J connectivity index is 1.72. The molecule has 0 atom stereocenters. The van der Waals surface area contributed by atoms with E-state index in [0.717, 1.165) is 16.8 Å². The molecular weight excluding hydrogens is 270 g/mol. The number of nitrogens with zero attached hydrogens (tertiary/aromatic N) is 4. The number of nitrogens with one attached hydrogen (secondary N) is 1. The first-order chi connectivity index (χ1) is 10.2. The van der Waals surface area contributed by atoms with E-state index >= 15 is 0 Å². The molecule has 0 bridgehead atoms. The van der Waals surface area contributed by atoms with Gasteiger partial charge in [0.15, 0.2) is 0 Å². The van der Waals surface area contributed by atoms with Crippen molar-refractivity contribution in [3.8, 4) is 11.3 Å². The molecule has 0 fully saturated rings. The number of amides is 1. The Bertz CT molecular complexity index is 748. The molecule has 3 rings (SSSR count). The number of aryl methyl sites for hydroxylation is 1. The summed E-state index contributed by atoms with van der Waals surface area (Å²) >= 11 is 0. The third-order valence-corrected chi connectivity index (χ3v) is 3.03. The maximum Gasteiger partial charge on any atom is 0.290 e. The van der Waals surface area contributed by atoms with Crippen LogP contribution in [0.4, 0.5) is 0 Å². The van der Waals surface area contributed by atoms with Crippen LogP contribution in [0.3, 0.4) is 0 Å². The molecule has 7 heteroatoms. The van der Waals surface area contributed by atoms with Crippen LogP contribution in [0.15, 0.2) is 47.5 Å². The molecule has 0 saturated heterocycles. The lowest BCUT2D eigenvalue weighted by Gasteiger charge is -2.06. The molecule has 0 aliphatic heterocycles. The smallest absolute Gasteiger partial charge is 0.290 e. The summed E-state index contributed by atoms with van der Waals surface area (Å²) in [7, 11) is 1.87. The van der Waals surface area contributed by atoms with Crippen molar-refractivity contribution in [2.75, 3.05) is 0 Å². The molecule has 0 radical (unpaired) electrons. The van der Waals surface area contributed by atoms with E-state index in [2.05, 4.69) is 20.6 Å². The van der Waals surface area contributed by atoms with E-state index < -0.39 is 0 Å². The Morgan fingerprint density at radius 2 is 2.24 bits per heavy atom. The lowest BCUT2D eigenvalue weighted by molar-refractivity contribution is 0.0914. The van der Waals surface area contributed by atoms with Gasteiger partial charge in [0.1, 0.15) is 0 Å². The van der Waals surface area contributed by atoms with Crippen LogP contribution in [-0.2, 0) is 13.6 Å². The molecule has 3 heterocycles. The highest BCUT2D eigenvalue weighted by molar-refractivity contribution is 5.91. The SMILES string of the molecule is Cn1nccc1-c1cncc(CNC(=O)c2ccno2)c1. The highest BCUT2D eigenvalue weighted by Crippen LogP contribution is 2.18. The van der Waals surface area contributed by atoms with Crippen LogP contribution in [0.1, 0.15) is 16.1 Å². The molecule has 0 saturated carbocycles. The van der Waals surface area contributed by atoms with Crippen LogP contribution in [0.2, 0.25) is 0 Å². The standard InChI is InChI=1S/C14H13N5O2/c1-19-12(2-4-17-19)11-6-10(7-15-9-11)8-16-14(20)13-3-5-18-21-13/h2-7,9H,8H2,1H3,(H,16,20). The van der Waals surface area contributed by atoms with Crippen LogP contribution in [0, 0.1) is 0 Å². The van der Waals surface area contributed by atoms with Gasteiger partial charge < -0.3 is 9.84 Å². The third-order valence-electron chi connectivity index (χ3n) is 3.03. The lowest BCUT2D eigenvalue weighted by Crippen LogP contribution is -2.22. The second-order valence-electron chi connectivity index (χ2n) is 4.48. The normalized spacial score (nSPS) is 10.5. The average molecular weight is 283 g/mol. The molecule has 0 aromatic carbocycles. The van der Waals surface area contributed by atoms with Gasteiger partial charge in [0.2, 0.25) is 5.76 Å². The number of hydrogen-bond donors (Lipinski definition) is 1. The Kier molecular flexibility index (Phi) is 3.46. The Labute approximate surface area is 120 Å². The molecule has 106 valence electrons. The summed E-state index contributed by atoms with van der Waals surface area (Å²) in [5.41, 5.74) is 2.80. The van der Waals surface area contributed by atoms with Gasteiger partial charge in [-0.1, -0.05) is 5.16 Å². The van der Waals surface area contributed by atoms with E-state index in [-0.39, 0.29) is 11.7 Å². The summed E-state index contributed by atoms with van der Waals surface area (Å²) in [4.78, 5) is 16.0. The van der Waals surface area contributed by atoms with Gasteiger partial charge in [-0.2, -0.15) is 5.10 Å². The zero-order valence-corrected chi connectivity index (χ0v) is 11.4. The summed E-state index contributed by atoms with van der Waals surface area (Å²) in [6.45, 7) is 0.359. The first-order valence-electron chi connectivity index (χ1n) is 6.35. The van der Waals surface area contributed by atoms with E-state index in [1.165, 1.54) is 12.3 Å². The lowest BCUT2D eigenvalue weighted by atomic mass is 10.1. The van der Waals surface area contributed by atoms with E-state index in [1.807, 2.05) is 19.2 Å². The Morgan fingerprint density at radius 3 is 2.95 bits per heavy atom. The molecule has 0 spiro atoms. The van der Waals surface area contributed by atoms with Gasteiger partial charge in [0, 0.05) is 43.8 Å². The highest BCUT2D eigenvalue weighted by atomic mass is 16.5. The summed E-state index contributed by atoms with van der Waals surface area (Å²) in [6, 6.07) is 5.39. The van der Waals surface area contributed by atoms with E-state index in [9.17, 15) is 4.79 Å². The number of carbonyl (C=O) groups excluding carboxylic acids is 1. The van der Waals surface area contributed by atoms with E-state index in [0.29, 0.717) is 6.54 Å². The molecule has 3 aromatic heterocycles. The van der Waals surface area contributed by atoms with Crippen LogP contribution < -0.4 is 5.32 Å². The Hall–Kier alpha value is -2.96. The van der Waals surface area contributed by atoms with Gasteiger partial charge in [-0.05, 0) is 17.7 Å².